The van der Waals surface area contributed by atoms with Gasteiger partial charge in [-0.1, -0.05) is 25.0 Å². The molecule has 1 saturated heterocycles. The van der Waals surface area contributed by atoms with Gasteiger partial charge in [0.05, 0.1) is 18.9 Å². The number of hydrogen-bond acceptors (Lipinski definition) is 4. The summed E-state index contributed by atoms with van der Waals surface area (Å²) in [6.45, 7) is 4.06. The van der Waals surface area contributed by atoms with Crippen LogP contribution < -0.4 is 9.64 Å². The minimum atomic E-state index is -0.128. The normalized spacial score (nSPS) is 27.6. The highest BCUT2D eigenvalue weighted by Crippen LogP contribution is 2.30. The monoisotopic (exact) mass is 290 g/mol. The van der Waals surface area contributed by atoms with Crippen LogP contribution in [0.15, 0.2) is 24.3 Å². The lowest BCUT2D eigenvalue weighted by molar-refractivity contribution is 0.0173. The third-order valence-corrected chi connectivity index (χ3v) is 4.90. The largest absolute Gasteiger partial charge is 0.495 e. The van der Waals surface area contributed by atoms with E-state index in [0.29, 0.717) is 6.04 Å². The number of methoxy groups -OCH3 is 1. The van der Waals surface area contributed by atoms with E-state index in [9.17, 15) is 5.11 Å². The van der Waals surface area contributed by atoms with Gasteiger partial charge in [0.25, 0.3) is 0 Å². The van der Waals surface area contributed by atoms with Crippen molar-refractivity contribution in [2.24, 2.45) is 0 Å². The van der Waals surface area contributed by atoms with Crippen LogP contribution in [0.25, 0.3) is 0 Å². The Kier molecular flexibility index (Phi) is 4.66. The Hall–Kier alpha value is -1.26. The van der Waals surface area contributed by atoms with E-state index in [-0.39, 0.29) is 6.10 Å². The van der Waals surface area contributed by atoms with Crippen LogP contribution in [0, 0.1) is 0 Å². The van der Waals surface area contributed by atoms with Gasteiger partial charge in [-0.15, -0.1) is 0 Å². The van der Waals surface area contributed by atoms with Crippen molar-refractivity contribution in [3.8, 4) is 5.75 Å². The van der Waals surface area contributed by atoms with Crippen molar-refractivity contribution in [1.29, 1.82) is 0 Å². The zero-order valence-electron chi connectivity index (χ0n) is 12.9. The van der Waals surface area contributed by atoms with E-state index < -0.39 is 0 Å². The quantitative estimate of drug-likeness (QED) is 0.925. The molecule has 1 aromatic carbocycles. The van der Waals surface area contributed by atoms with Crippen LogP contribution in [0.2, 0.25) is 0 Å². The predicted octanol–water partition coefficient (Wildman–Crippen LogP) is 2.12. The Bertz CT molecular complexity index is 458. The number of nitrogens with zero attached hydrogens (tertiary/aromatic N) is 2. The smallest absolute Gasteiger partial charge is 0.142 e. The number of aliphatic hydroxyl groups excluding tert-OH is 1. The molecular formula is C17H26N2O2. The molecule has 3 rings (SSSR count). The van der Waals surface area contributed by atoms with E-state index in [1.807, 2.05) is 12.1 Å². The van der Waals surface area contributed by atoms with Gasteiger partial charge in [0.2, 0.25) is 0 Å². The molecule has 0 unspecified atom stereocenters. The topological polar surface area (TPSA) is 35.9 Å². The molecule has 0 amide bonds. The Balaban J connectivity index is 1.62. The molecule has 116 valence electrons. The molecule has 1 aromatic rings. The van der Waals surface area contributed by atoms with Gasteiger partial charge in [-0.25, -0.2) is 0 Å². The Morgan fingerprint density at radius 1 is 1.05 bits per heavy atom. The van der Waals surface area contributed by atoms with Gasteiger partial charge in [0.15, 0.2) is 0 Å². The first-order chi connectivity index (χ1) is 10.3. The predicted molar refractivity (Wildman–Crippen MR) is 85.0 cm³/mol. The molecule has 4 heteroatoms. The molecular weight excluding hydrogens is 264 g/mol. The van der Waals surface area contributed by atoms with Crippen molar-refractivity contribution in [3.05, 3.63) is 24.3 Å². The van der Waals surface area contributed by atoms with Crippen LogP contribution in [-0.2, 0) is 0 Å². The molecule has 0 spiro atoms. The number of aliphatic hydroxyl groups is 1. The number of rotatable bonds is 3. The molecule has 1 heterocycles. The number of benzene rings is 1. The van der Waals surface area contributed by atoms with Crippen LogP contribution in [-0.4, -0.2) is 55.4 Å². The van der Waals surface area contributed by atoms with E-state index in [1.165, 1.54) is 18.5 Å². The second-order valence-electron chi connectivity index (χ2n) is 6.11. The first-order valence-electron chi connectivity index (χ1n) is 8.09. The first kappa shape index (κ1) is 14.7. The van der Waals surface area contributed by atoms with Crippen LogP contribution in [0.4, 0.5) is 5.69 Å². The molecule has 2 aliphatic rings. The summed E-state index contributed by atoms with van der Waals surface area (Å²) in [6, 6.07) is 8.60. The van der Waals surface area contributed by atoms with Gasteiger partial charge in [-0.2, -0.15) is 0 Å². The number of ether oxygens (including phenoxy) is 1. The van der Waals surface area contributed by atoms with Crippen molar-refractivity contribution < 1.29 is 9.84 Å². The third kappa shape index (κ3) is 3.16. The highest BCUT2D eigenvalue weighted by atomic mass is 16.5. The van der Waals surface area contributed by atoms with Gasteiger partial charge in [-0.05, 0) is 25.0 Å². The van der Waals surface area contributed by atoms with Crippen molar-refractivity contribution in [1.82, 2.24) is 4.90 Å². The van der Waals surface area contributed by atoms with Gasteiger partial charge in [0, 0.05) is 32.2 Å². The summed E-state index contributed by atoms with van der Waals surface area (Å²) in [7, 11) is 1.73. The van der Waals surface area contributed by atoms with E-state index in [2.05, 4.69) is 21.9 Å². The fourth-order valence-electron chi connectivity index (χ4n) is 3.70. The van der Waals surface area contributed by atoms with Gasteiger partial charge < -0.3 is 14.7 Å². The minimum Gasteiger partial charge on any atom is -0.495 e. The number of piperazine rings is 1. The summed E-state index contributed by atoms with van der Waals surface area (Å²) in [5.41, 5.74) is 1.18. The van der Waals surface area contributed by atoms with Gasteiger partial charge in [-0.3, -0.25) is 4.90 Å². The molecule has 0 bridgehead atoms. The summed E-state index contributed by atoms with van der Waals surface area (Å²) in [6.07, 6.45) is 4.43. The summed E-state index contributed by atoms with van der Waals surface area (Å²) >= 11 is 0. The number of hydrogen-bond donors (Lipinski definition) is 1. The number of para-hydroxylation sites is 2. The Morgan fingerprint density at radius 3 is 2.48 bits per heavy atom. The van der Waals surface area contributed by atoms with Crippen LogP contribution in [0.1, 0.15) is 25.7 Å². The van der Waals surface area contributed by atoms with Crippen LogP contribution >= 0.6 is 0 Å². The zero-order chi connectivity index (χ0) is 14.7. The fourth-order valence-corrected chi connectivity index (χ4v) is 3.70. The molecule has 4 nitrogen and oxygen atoms in total. The maximum absolute atomic E-state index is 10.2. The average molecular weight is 290 g/mol. The summed E-state index contributed by atoms with van der Waals surface area (Å²) in [4.78, 5) is 4.88. The Labute approximate surface area is 127 Å². The first-order valence-corrected chi connectivity index (χ1v) is 8.09. The molecule has 0 radical (unpaired) electrons. The van der Waals surface area contributed by atoms with Gasteiger partial charge >= 0.3 is 0 Å². The molecule has 1 aliphatic carbocycles. The van der Waals surface area contributed by atoms with Crippen LogP contribution in [0.5, 0.6) is 5.75 Å². The lowest BCUT2D eigenvalue weighted by Gasteiger charge is -2.43. The van der Waals surface area contributed by atoms with Crippen LogP contribution in [0.3, 0.4) is 0 Å². The molecule has 2 fully saturated rings. The highest BCUT2D eigenvalue weighted by molar-refractivity contribution is 5.58. The lowest BCUT2D eigenvalue weighted by atomic mass is 9.91. The summed E-state index contributed by atoms with van der Waals surface area (Å²) in [5, 5.41) is 10.2. The average Bonchev–Trinajstić information content (AvgIpc) is 2.55. The van der Waals surface area contributed by atoms with E-state index in [1.54, 1.807) is 7.11 Å². The van der Waals surface area contributed by atoms with E-state index in [0.717, 1.165) is 44.8 Å². The summed E-state index contributed by atoms with van der Waals surface area (Å²) in [5.74, 6) is 0.948. The Morgan fingerprint density at radius 2 is 1.76 bits per heavy atom. The van der Waals surface area contributed by atoms with Gasteiger partial charge in [0.1, 0.15) is 5.75 Å². The summed E-state index contributed by atoms with van der Waals surface area (Å²) < 4.78 is 5.46. The maximum Gasteiger partial charge on any atom is 0.142 e. The molecule has 1 N–H and O–H groups in total. The fraction of sp³-hybridized carbons (Fsp3) is 0.647. The third-order valence-electron chi connectivity index (χ3n) is 4.90. The zero-order valence-corrected chi connectivity index (χ0v) is 12.9. The molecule has 1 aliphatic heterocycles. The molecule has 21 heavy (non-hydrogen) atoms. The SMILES string of the molecule is COc1ccccc1N1CCN([C@@H]2CCCC[C@H]2O)CC1. The standard InChI is InChI=1S/C17H26N2O2/c1-21-17-9-5-3-7-15(17)19-12-10-18(11-13-19)14-6-2-4-8-16(14)20/h3,5,7,9,14,16,20H,2,4,6,8,10-13H2,1H3/t14-,16-/m1/s1. The van der Waals surface area contributed by atoms with Crippen molar-refractivity contribution in [3.63, 3.8) is 0 Å². The van der Waals surface area contributed by atoms with Crippen molar-refractivity contribution in [2.45, 2.75) is 37.8 Å². The van der Waals surface area contributed by atoms with Crippen molar-refractivity contribution in [2.75, 3.05) is 38.2 Å². The maximum atomic E-state index is 10.2. The van der Waals surface area contributed by atoms with E-state index >= 15 is 0 Å². The van der Waals surface area contributed by atoms with E-state index in [4.69, 9.17) is 4.74 Å². The lowest BCUT2D eigenvalue weighted by Crippen LogP contribution is -2.54. The molecule has 0 aromatic heterocycles. The molecule has 1 saturated carbocycles. The molecule has 2 atom stereocenters. The second kappa shape index (κ2) is 6.67. The minimum absolute atomic E-state index is 0.128. The highest BCUT2D eigenvalue weighted by Gasteiger charge is 2.31. The number of anilines is 1. The second-order valence-corrected chi connectivity index (χ2v) is 6.11. The van der Waals surface area contributed by atoms with Crippen molar-refractivity contribution >= 4 is 5.69 Å².